The van der Waals surface area contributed by atoms with Gasteiger partial charge in [0.15, 0.2) is 5.96 Å². The molecule has 1 aromatic rings. The van der Waals surface area contributed by atoms with Crippen molar-refractivity contribution in [2.75, 3.05) is 57.3 Å². The molecular weight excluding hydrogens is 298 g/mol. The molecule has 2 fully saturated rings. The Morgan fingerprint density at radius 3 is 2.33 bits per heavy atom. The maximum atomic E-state index is 6.11. The summed E-state index contributed by atoms with van der Waals surface area (Å²) >= 11 is 0. The van der Waals surface area contributed by atoms with Gasteiger partial charge in [0, 0.05) is 58.0 Å². The topological polar surface area (TPSA) is 48.1 Å². The van der Waals surface area contributed by atoms with E-state index in [1.165, 1.54) is 24.9 Å². The van der Waals surface area contributed by atoms with Crippen molar-refractivity contribution >= 4 is 11.6 Å². The summed E-state index contributed by atoms with van der Waals surface area (Å²) in [6.45, 7) is 8.64. The van der Waals surface area contributed by atoms with Gasteiger partial charge in [-0.25, -0.2) is 0 Å². The van der Waals surface area contributed by atoms with Crippen molar-refractivity contribution in [3.05, 3.63) is 30.3 Å². The molecule has 2 heterocycles. The van der Waals surface area contributed by atoms with Crippen molar-refractivity contribution in [3.63, 3.8) is 0 Å². The Balaban J connectivity index is 1.33. The largest absolute Gasteiger partial charge is 0.370 e. The summed E-state index contributed by atoms with van der Waals surface area (Å²) in [4.78, 5) is 11.8. The van der Waals surface area contributed by atoms with Gasteiger partial charge < -0.3 is 15.5 Å². The van der Waals surface area contributed by atoms with E-state index in [1.54, 1.807) is 0 Å². The minimum atomic E-state index is 0.753. The Labute approximate surface area is 146 Å². The van der Waals surface area contributed by atoms with E-state index >= 15 is 0 Å². The van der Waals surface area contributed by atoms with Crippen molar-refractivity contribution in [2.45, 2.75) is 25.7 Å². The number of piperidine rings is 1. The quantitative estimate of drug-likeness (QED) is 0.510. The fraction of sp³-hybridized carbons (Fsp3) is 0.632. The van der Waals surface area contributed by atoms with E-state index in [9.17, 15) is 0 Å². The van der Waals surface area contributed by atoms with Gasteiger partial charge in [-0.05, 0) is 37.8 Å². The van der Waals surface area contributed by atoms with Crippen LogP contribution in [0.4, 0.5) is 5.69 Å². The van der Waals surface area contributed by atoms with E-state index < -0.39 is 0 Å². The summed E-state index contributed by atoms with van der Waals surface area (Å²) in [6.07, 6.45) is 4.93. The predicted octanol–water partition coefficient (Wildman–Crippen LogP) is 2.00. The lowest BCUT2D eigenvalue weighted by Gasteiger charge is -2.36. The average Bonchev–Trinajstić information content (AvgIpc) is 2.67. The molecule has 0 aromatic heterocycles. The lowest BCUT2D eigenvalue weighted by molar-refractivity contribution is 0.256. The third-order valence-corrected chi connectivity index (χ3v) is 5.08. The van der Waals surface area contributed by atoms with Crippen molar-refractivity contribution in [2.24, 2.45) is 10.7 Å². The number of hydrogen-bond donors (Lipinski definition) is 1. The first-order chi connectivity index (χ1) is 11.8. The lowest BCUT2D eigenvalue weighted by atomic mass is 10.1. The van der Waals surface area contributed by atoms with Crippen LogP contribution in [-0.4, -0.2) is 68.1 Å². The number of nitrogens with zero attached hydrogens (tertiary/aromatic N) is 4. The molecule has 132 valence electrons. The van der Waals surface area contributed by atoms with Gasteiger partial charge in [0.25, 0.3) is 0 Å². The standard InChI is InChI=1S/C19H31N5/c20-19(24-12-5-2-6-13-24)21-10-7-11-22-14-16-23(17-15-22)18-8-3-1-4-9-18/h1,3-4,8-9H,2,5-7,10-17H2,(H2,20,21). The number of likely N-dealkylation sites (tertiary alicyclic amines) is 1. The van der Waals surface area contributed by atoms with Crippen LogP contribution in [-0.2, 0) is 0 Å². The zero-order chi connectivity index (χ0) is 16.6. The third kappa shape index (κ3) is 4.87. The zero-order valence-corrected chi connectivity index (χ0v) is 14.7. The van der Waals surface area contributed by atoms with Crippen LogP contribution < -0.4 is 10.6 Å². The number of piperazine rings is 1. The number of rotatable bonds is 5. The highest BCUT2D eigenvalue weighted by molar-refractivity contribution is 5.78. The molecule has 0 radical (unpaired) electrons. The van der Waals surface area contributed by atoms with E-state index in [0.717, 1.165) is 64.7 Å². The Morgan fingerprint density at radius 2 is 1.62 bits per heavy atom. The van der Waals surface area contributed by atoms with E-state index in [-0.39, 0.29) is 0 Å². The van der Waals surface area contributed by atoms with Crippen molar-refractivity contribution in [1.29, 1.82) is 0 Å². The highest BCUT2D eigenvalue weighted by Crippen LogP contribution is 2.15. The van der Waals surface area contributed by atoms with Crippen LogP contribution >= 0.6 is 0 Å². The van der Waals surface area contributed by atoms with Crippen molar-refractivity contribution in [1.82, 2.24) is 9.80 Å². The molecule has 0 bridgehead atoms. The number of para-hydroxylation sites is 1. The van der Waals surface area contributed by atoms with E-state index in [1.807, 2.05) is 0 Å². The van der Waals surface area contributed by atoms with Crippen molar-refractivity contribution in [3.8, 4) is 0 Å². The molecule has 0 amide bonds. The van der Waals surface area contributed by atoms with E-state index in [2.05, 4.69) is 50.0 Å². The summed E-state index contributed by atoms with van der Waals surface area (Å²) in [6, 6.07) is 10.7. The summed E-state index contributed by atoms with van der Waals surface area (Å²) in [5.41, 5.74) is 7.45. The normalized spacial score (nSPS) is 20.4. The second kappa shape index (κ2) is 8.92. The van der Waals surface area contributed by atoms with Crippen LogP contribution in [0.15, 0.2) is 35.3 Å². The van der Waals surface area contributed by atoms with Gasteiger partial charge in [-0.2, -0.15) is 0 Å². The number of nitrogens with two attached hydrogens (primary N) is 1. The maximum absolute atomic E-state index is 6.11. The minimum Gasteiger partial charge on any atom is -0.370 e. The van der Waals surface area contributed by atoms with Gasteiger partial charge in [-0.15, -0.1) is 0 Å². The molecule has 0 aliphatic carbocycles. The summed E-state index contributed by atoms with van der Waals surface area (Å²) < 4.78 is 0. The predicted molar refractivity (Wildman–Crippen MR) is 102 cm³/mol. The van der Waals surface area contributed by atoms with Crippen LogP contribution in [0.3, 0.4) is 0 Å². The number of aliphatic imine (C=N–C) groups is 1. The molecule has 24 heavy (non-hydrogen) atoms. The Kier molecular flexibility index (Phi) is 6.35. The summed E-state index contributed by atoms with van der Waals surface area (Å²) in [5, 5.41) is 0. The van der Waals surface area contributed by atoms with Gasteiger partial charge >= 0.3 is 0 Å². The highest BCUT2D eigenvalue weighted by atomic mass is 15.3. The number of anilines is 1. The Morgan fingerprint density at radius 1 is 0.917 bits per heavy atom. The summed E-state index contributed by atoms with van der Waals surface area (Å²) in [5.74, 6) is 0.753. The Bertz CT molecular complexity index is 502. The first-order valence-electron chi connectivity index (χ1n) is 9.40. The molecule has 0 saturated carbocycles. The first kappa shape index (κ1) is 17.1. The average molecular weight is 329 g/mol. The molecule has 0 unspecified atom stereocenters. The summed E-state index contributed by atoms with van der Waals surface area (Å²) in [7, 11) is 0. The van der Waals surface area contributed by atoms with Crippen LogP contribution in [0.25, 0.3) is 0 Å². The van der Waals surface area contributed by atoms with E-state index in [4.69, 9.17) is 5.73 Å². The molecule has 2 aliphatic heterocycles. The third-order valence-electron chi connectivity index (χ3n) is 5.08. The lowest BCUT2D eigenvalue weighted by Crippen LogP contribution is -2.46. The smallest absolute Gasteiger partial charge is 0.191 e. The number of guanidine groups is 1. The van der Waals surface area contributed by atoms with E-state index in [0.29, 0.717) is 0 Å². The molecule has 1 aromatic carbocycles. The molecule has 3 rings (SSSR count). The van der Waals surface area contributed by atoms with Gasteiger partial charge in [0.05, 0.1) is 0 Å². The van der Waals surface area contributed by atoms with Crippen LogP contribution in [0, 0.1) is 0 Å². The van der Waals surface area contributed by atoms with Gasteiger partial charge in [0.1, 0.15) is 0 Å². The Hall–Kier alpha value is -1.75. The second-order valence-electron chi connectivity index (χ2n) is 6.81. The zero-order valence-electron chi connectivity index (χ0n) is 14.7. The fourth-order valence-corrected chi connectivity index (χ4v) is 3.58. The maximum Gasteiger partial charge on any atom is 0.191 e. The molecule has 2 aliphatic rings. The van der Waals surface area contributed by atoms with Gasteiger partial charge in [-0.3, -0.25) is 9.89 Å². The molecule has 2 N–H and O–H groups in total. The number of benzene rings is 1. The monoisotopic (exact) mass is 329 g/mol. The molecular formula is C19H31N5. The van der Waals surface area contributed by atoms with Gasteiger partial charge in [-0.1, -0.05) is 18.2 Å². The first-order valence-corrected chi connectivity index (χ1v) is 9.40. The molecule has 5 nitrogen and oxygen atoms in total. The molecule has 5 heteroatoms. The van der Waals surface area contributed by atoms with Gasteiger partial charge in [0.2, 0.25) is 0 Å². The molecule has 0 spiro atoms. The second-order valence-corrected chi connectivity index (χ2v) is 6.81. The van der Waals surface area contributed by atoms with Crippen LogP contribution in [0.1, 0.15) is 25.7 Å². The van der Waals surface area contributed by atoms with Crippen LogP contribution in [0.5, 0.6) is 0 Å². The minimum absolute atomic E-state index is 0.753. The molecule has 2 saturated heterocycles. The SMILES string of the molecule is NC(=NCCCN1CCN(c2ccccc2)CC1)N1CCCCC1. The highest BCUT2D eigenvalue weighted by Gasteiger charge is 2.16. The fourth-order valence-electron chi connectivity index (χ4n) is 3.58. The number of hydrogen-bond acceptors (Lipinski definition) is 3. The van der Waals surface area contributed by atoms with Crippen LogP contribution in [0.2, 0.25) is 0 Å². The molecule has 0 atom stereocenters. The van der Waals surface area contributed by atoms with Crippen molar-refractivity contribution < 1.29 is 0 Å².